The van der Waals surface area contributed by atoms with Crippen LogP contribution in [0.1, 0.15) is 18.4 Å². The highest BCUT2D eigenvalue weighted by Gasteiger charge is 2.33. The molecular weight excluding hydrogens is 308 g/mol. The summed E-state index contributed by atoms with van der Waals surface area (Å²) in [6.07, 6.45) is 0.710. The molecule has 2 aromatic rings. The van der Waals surface area contributed by atoms with Gasteiger partial charge in [0.1, 0.15) is 18.5 Å². The van der Waals surface area contributed by atoms with Crippen molar-refractivity contribution in [1.29, 1.82) is 0 Å². The fourth-order valence-corrected chi connectivity index (χ4v) is 2.72. The molecule has 1 aromatic heterocycles. The number of hydrogen-bond donors (Lipinski definition) is 1. The van der Waals surface area contributed by atoms with E-state index in [1.807, 2.05) is 38.4 Å². The maximum atomic E-state index is 5.86. The third kappa shape index (κ3) is 3.75. The number of aromatic nitrogens is 2. The number of nitrogens with two attached hydrogens (primary N) is 1. The molecule has 7 heteroatoms. The quantitative estimate of drug-likeness (QED) is 0.826. The summed E-state index contributed by atoms with van der Waals surface area (Å²) >= 11 is 0. The number of benzene rings is 1. The van der Waals surface area contributed by atoms with Gasteiger partial charge in [-0.25, -0.2) is 0 Å². The Hall–Kier alpha value is -1.96. The molecule has 2 atom stereocenters. The maximum absolute atomic E-state index is 5.86. The van der Waals surface area contributed by atoms with Crippen LogP contribution in [0.15, 0.2) is 28.8 Å². The Morgan fingerprint density at radius 3 is 2.96 bits per heavy atom. The van der Waals surface area contributed by atoms with Crippen LogP contribution < -0.4 is 10.5 Å². The van der Waals surface area contributed by atoms with Crippen molar-refractivity contribution in [2.24, 2.45) is 11.7 Å². The summed E-state index contributed by atoms with van der Waals surface area (Å²) in [4.78, 5) is 6.58. The fourth-order valence-electron chi connectivity index (χ4n) is 2.72. The lowest BCUT2D eigenvalue weighted by Gasteiger charge is -2.13. The van der Waals surface area contributed by atoms with Crippen molar-refractivity contribution < 1.29 is 14.0 Å². The molecule has 3 rings (SSSR count). The maximum Gasteiger partial charge on any atom is 0.256 e. The van der Waals surface area contributed by atoms with Crippen LogP contribution in [0.25, 0.3) is 11.4 Å². The van der Waals surface area contributed by atoms with Crippen molar-refractivity contribution >= 4 is 0 Å². The van der Waals surface area contributed by atoms with Gasteiger partial charge in [-0.2, -0.15) is 4.98 Å². The predicted molar refractivity (Wildman–Crippen MR) is 89.6 cm³/mol. The minimum absolute atomic E-state index is 0.210. The summed E-state index contributed by atoms with van der Waals surface area (Å²) in [6, 6.07) is 7.70. The van der Waals surface area contributed by atoms with Crippen LogP contribution in [-0.2, 0) is 4.74 Å². The van der Waals surface area contributed by atoms with Crippen molar-refractivity contribution in [2.75, 3.05) is 40.4 Å². The number of rotatable bonds is 7. The lowest BCUT2D eigenvalue weighted by atomic mass is 10.0. The Bertz CT molecular complexity index is 659. The average molecular weight is 332 g/mol. The monoisotopic (exact) mass is 332 g/mol. The first kappa shape index (κ1) is 16.9. The molecule has 0 aliphatic carbocycles. The highest BCUT2D eigenvalue weighted by Crippen LogP contribution is 2.35. The highest BCUT2D eigenvalue weighted by atomic mass is 16.5. The van der Waals surface area contributed by atoms with Crippen molar-refractivity contribution in [2.45, 2.75) is 12.5 Å². The Labute approximate surface area is 141 Å². The van der Waals surface area contributed by atoms with E-state index in [4.69, 9.17) is 19.7 Å². The van der Waals surface area contributed by atoms with E-state index in [0.717, 1.165) is 24.3 Å². The number of para-hydroxylation sites is 1. The zero-order chi connectivity index (χ0) is 16.9. The minimum Gasteiger partial charge on any atom is -0.491 e. The number of likely N-dealkylation sites (N-methyl/N-ethyl adjacent to an activating group) is 1. The molecule has 0 saturated carbocycles. The van der Waals surface area contributed by atoms with E-state index in [9.17, 15) is 0 Å². The molecule has 24 heavy (non-hydrogen) atoms. The summed E-state index contributed by atoms with van der Waals surface area (Å²) in [5.41, 5.74) is 6.60. The Balaban J connectivity index is 1.77. The average Bonchev–Trinajstić information content (AvgIpc) is 3.23. The first-order valence-corrected chi connectivity index (χ1v) is 8.21. The molecule has 1 fully saturated rings. The molecule has 1 aromatic carbocycles. The van der Waals surface area contributed by atoms with Crippen molar-refractivity contribution in [3.8, 4) is 17.1 Å². The van der Waals surface area contributed by atoms with Crippen LogP contribution in [0.4, 0.5) is 0 Å². The fraction of sp³-hybridized carbons (Fsp3) is 0.529. The van der Waals surface area contributed by atoms with Crippen LogP contribution in [0, 0.1) is 5.92 Å². The molecule has 130 valence electrons. The van der Waals surface area contributed by atoms with E-state index in [1.165, 1.54) is 0 Å². The SMILES string of the molecule is CN(C)CCOc1ccccc1-c1noc([C@H]2OCC[C@H]2CN)n1. The van der Waals surface area contributed by atoms with Crippen LogP contribution >= 0.6 is 0 Å². The van der Waals surface area contributed by atoms with E-state index >= 15 is 0 Å². The van der Waals surface area contributed by atoms with Crippen molar-refractivity contribution in [3.05, 3.63) is 30.2 Å². The van der Waals surface area contributed by atoms with Gasteiger partial charge in [-0.05, 0) is 39.2 Å². The van der Waals surface area contributed by atoms with E-state index < -0.39 is 0 Å². The summed E-state index contributed by atoms with van der Waals surface area (Å²) in [5, 5.41) is 4.11. The normalized spacial score (nSPS) is 20.7. The first-order chi connectivity index (χ1) is 11.7. The van der Waals surface area contributed by atoms with E-state index in [2.05, 4.69) is 15.0 Å². The Morgan fingerprint density at radius 2 is 2.17 bits per heavy atom. The summed E-state index contributed by atoms with van der Waals surface area (Å²) < 4.78 is 17.0. The lowest BCUT2D eigenvalue weighted by molar-refractivity contribution is 0.0642. The summed E-state index contributed by atoms with van der Waals surface area (Å²) in [7, 11) is 4.02. The van der Waals surface area contributed by atoms with Gasteiger partial charge in [-0.15, -0.1) is 0 Å². The largest absolute Gasteiger partial charge is 0.491 e. The minimum atomic E-state index is -0.210. The van der Waals surface area contributed by atoms with Crippen molar-refractivity contribution in [3.63, 3.8) is 0 Å². The van der Waals surface area contributed by atoms with Gasteiger partial charge in [-0.1, -0.05) is 17.3 Å². The van der Waals surface area contributed by atoms with Gasteiger partial charge in [0.05, 0.1) is 5.56 Å². The molecule has 7 nitrogen and oxygen atoms in total. The van der Waals surface area contributed by atoms with Crippen LogP contribution in [0.5, 0.6) is 5.75 Å². The lowest BCUT2D eigenvalue weighted by Crippen LogP contribution is -2.19. The molecule has 1 aliphatic rings. The molecule has 0 spiro atoms. The number of nitrogens with zero attached hydrogens (tertiary/aromatic N) is 3. The van der Waals surface area contributed by atoms with E-state index in [-0.39, 0.29) is 12.0 Å². The molecule has 2 heterocycles. The Morgan fingerprint density at radius 1 is 1.33 bits per heavy atom. The van der Waals surface area contributed by atoms with Gasteiger partial charge in [0, 0.05) is 19.1 Å². The summed E-state index contributed by atoms with van der Waals surface area (Å²) in [6.45, 7) is 2.65. The third-order valence-electron chi connectivity index (χ3n) is 4.13. The molecule has 0 bridgehead atoms. The van der Waals surface area contributed by atoms with Gasteiger partial charge in [0.15, 0.2) is 0 Å². The second-order valence-corrected chi connectivity index (χ2v) is 6.18. The van der Waals surface area contributed by atoms with Gasteiger partial charge < -0.3 is 24.6 Å². The number of ether oxygens (including phenoxy) is 2. The van der Waals surface area contributed by atoms with Crippen LogP contribution in [-0.4, -0.2) is 55.4 Å². The van der Waals surface area contributed by atoms with Crippen LogP contribution in [0.3, 0.4) is 0 Å². The predicted octanol–water partition coefficient (Wildman–Crippen LogP) is 1.71. The Kier molecular flexibility index (Phi) is 5.44. The second-order valence-electron chi connectivity index (χ2n) is 6.18. The molecule has 2 N–H and O–H groups in total. The molecule has 1 aliphatic heterocycles. The zero-order valence-electron chi connectivity index (χ0n) is 14.1. The standard InChI is InChI=1S/C17H24N4O3/c1-21(2)8-10-22-14-6-4-3-5-13(14)16-19-17(24-20-16)15-12(11-18)7-9-23-15/h3-6,12,15H,7-11,18H2,1-2H3/t12-,15-/m0/s1. The molecule has 1 saturated heterocycles. The van der Waals surface area contributed by atoms with Gasteiger partial charge in [-0.3, -0.25) is 0 Å². The van der Waals surface area contributed by atoms with Crippen molar-refractivity contribution in [1.82, 2.24) is 15.0 Å². The molecule has 0 amide bonds. The zero-order valence-corrected chi connectivity index (χ0v) is 14.1. The number of hydrogen-bond acceptors (Lipinski definition) is 7. The molecular formula is C17H24N4O3. The van der Waals surface area contributed by atoms with E-state index in [0.29, 0.717) is 31.5 Å². The van der Waals surface area contributed by atoms with Gasteiger partial charge in [0.25, 0.3) is 5.89 Å². The first-order valence-electron chi connectivity index (χ1n) is 8.21. The van der Waals surface area contributed by atoms with E-state index in [1.54, 1.807) is 0 Å². The third-order valence-corrected chi connectivity index (χ3v) is 4.13. The smallest absolute Gasteiger partial charge is 0.256 e. The molecule has 0 radical (unpaired) electrons. The molecule has 0 unspecified atom stereocenters. The highest BCUT2D eigenvalue weighted by molar-refractivity contribution is 5.63. The second kappa shape index (κ2) is 7.74. The topological polar surface area (TPSA) is 86.6 Å². The summed E-state index contributed by atoms with van der Waals surface area (Å²) in [5.74, 6) is 1.97. The van der Waals surface area contributed by atoms with Crippen LogP contribution in [0.2, 0.25) is 0 Å². The van der Waals surface area contributed by atoms with Gasteiger partial charge >= 0.3 is 0 Å². The van der Waals surface area contributed by atoms with Gasteiger partial charge in [0.2, 0.25) is 5.82 Å².